The normalized spacial score (nSPS) is 29.8. The smallest absolute Gasteiger partial charge is 0.0208 e. The molecule has 1 aliphatic carbocycles. The van der Waals surface area contributed by atoms with Gasteiger partial charge in [0.1, 0.15) is 0 Å². The van der Waals surface area contributed by atoms with Crippen molar-refractivity contribution in [1.82, 2.24) is 0 Å². The van der Waals surface area contributed by atoms with Crippen LogP contribution in [-0.4, -0.2) is 0 Å². The van der Waals surface area contributed by atoms with Gasteiger partial charge in [-0.25, -0.2) is 0 Å². The van der Waals surface area contributed by atoms with Crippen molar-refractivity contribution in [1.29, 1.82) is 0 Å². The summed E-state index contributed by atoms with van der Waals surface area (Å²) in [6.07, 6.45) is 8.74. The average molecular weight is 164 g/mol. The van der Waals surface area contributed by atoms with Gasteiger partial charge in [-0.05, 0) is 50.9 Å². The Labute approximate surface area is 76.4 Å². The second-order valence-electron chi connectivity index (χ2n) is 4.09. The first-order valence-electron chi connectivity index (χ1n) is 5.00. The monoisotopic (exact) mass is 164 g/mol. The summed E-state index contributed by atoms with van der Waals surface area (Å²) >= 11 is 0. The average Bonchev–Trinajstić information content (AvgIpc) is 2.06. The summed E-state index contributed by atoms with van der Waals surface area (Å²) in [5, 5.41) is 0. The van der Waals surface area contributed by atoms with Gasteiger partial charge in [-0.15, -0.1) is 6.58 Å². The quantitative estimate of drug-likeness (QED) is 0.554. The molecular formula is C12H20. The third-order valence-corrected chi connectivity index (χ3v) is 3.04. The van der Waals surface area contributed by atoms with Gasteiger partial charge in [0.2, 0.25) is 0 Å². The molecule has 0 saturated heterocycles. The summed E-state index contributed by atoms with van der Waals surface area (Å²) < 4.78 is 0. The van der Waals surface area contributed by atoms with E-state index in [9.17, 15) is 0 Å². The van der Waals surface area contributed by atoms with E-state index >= 15 is 0 Å². The van der Waals surface area contributed by atoms with Gasteiger partial charge in [-0.3, -0.25) is 0 Å². The molecule has 0 bridgehead atoms. The molecule has 1 rings (SSSR count). The molecule has 12 heavy (non-hydrogen) atoms. The predicted octanol–water partition coefficient (Wildman–Crippen LogP) is 3.95. The highest BCUT2D eigenvalue weighted by Crippen LogP contribution is 2.33. The highest BCUT2D eigenvalue weighted by atomic mass is 14.2. The molecule has 0 spiro atoms. The molecule has 0 heteroatoms. The maximum atomic E-state index is 4.03. The van der Waals surface area contributed by atoms with Crippen LogP contribution in [0.15, 0.2) is 24.8 Å². The van der Waals surface area contributed by atoms with Gasteiger partial charge >= 0.3 is 0 Å². The number of allylic oxidation sites excluding steroid dienone is 2. The van der Waals surface area contributed by atoms with E-state index in [-0.39, 0.29) is 0 Å². The molecule has 0 aromatic rings. The summed E-state index contributed by atoms with van der Waals surface area (Å²) in [5.74, 6) is 1.73. The molecule has 0 N–H and O–H groups in total. The summed E-state index contributed by atoms with van der Waals surface area (Å²) in [6, 6.07) is 0. The minimum Gasteiger partial charge on any atom is -0.103 e. The second-order valence-corrected chi connectivity index (χ2v) is 4.09. The van der Waals surface area contributed by atoms with Crippen LogP contribution in [0.5, 0.6) is 0 Å². The lowest BCUT2D eigenvalue weighted by molar-refractivity contribution is 0.304. The molecule has 0 atom stereocenters. The van der Waals surface area contributed by atoms with Crippen LogP contribution in [-0.2, 0) is 0 Å². The molecule has 0 unspecified atom stereocenters. The van der Waals surface area contributed by atoms with Gasteiger partial charge in [0, 0.05) is 0 Å². The first kappa shape index (κ1) is 9.57. The summed E-state index contributed by atoms with van der Waals surface area (Å²) in [5.41, 5.74) is 1.38. The molecule has 1 aliphatic rings. The Balaban J connectivity index is 2.29. The Bertz CT molecular complexity index is 159. The van der Waals surface area contributed by atoms with Crippen molar-refractivity contribution < 1.29 is 0 Å². The molecular weight excluding hydrogens is 144 g/mol. The van der Waals surface area contributed by atoms with Crippen molar-refractivity contribution in [2.45, 2.75) is 39.0 Å². The number of hydrogen-bond donors (Lipinski definition) is 0. The van der Waals surface area contributed by atoms with E-state index in [0.29, 0.717) is 0 Å². The Morgan fingerprint density at radius 1 is 1.33 bits per heavy atom. The van der Waals surface area contributed by atoms with E-state index < -0.39 is 0 Å². The lowest BCUT2D eigenvalue weighted by Crippen LogP contribution is -2.14. The largest absolute Gasteiger partial charge is 0.103 e. The summed E-state index contributed by atoms with van der Waals surface area (Å²) in [4.78, 5) is 0. The second kappa shape index (κ2) is 4.49. The first-order valence-corrected chi connectivity index (χ1v) is 5.00. The van der Waals surface area contributed by atoms with Gasteiger partial charge in [-0.1, -0.05) is 18.2 Å². The Kier molecular flexibility index (Phi) is 3.58. The SMILES string of the molecule is C=CCC1CCC(C(=C)C)CC1. The maximum Gasteiger partial charge on any atom is -0.0208 e. The zero-order valence-corrected chi connectivity index (χ0v) is 8.18. The highest BCUT2D eigenvalue weighted by molar-refractivity contribution is 4.98. The zero-order chi connectivity index (χ0) is 8.97. The van der Waals surface area contributed by atoms with Gasteiger partial charge in [0.15, 0.2) is 0 Å². The van der Waals surface area contributed by atoms with Crippen molar-refractivity contribution in [3.63, 3.8) is 0 Å². The minimum atomic E-state index is 0.811. The Morgan fingerprint density at radius 2 is 1.92 bits per heavy atom. The molecule has 1 saturated carbocycles. The summed E-state index contributed by atoms with van der Waals surface area (Å²) in [6.45, 7) is 9.99. The maximum absolute atomic E-state index is 4.03. The molecule has 0 aliphatic heterocycles. The minimum absolute atomic E-state index is 0.811. The molecule has 1 fully saturated rings. The fourth-order valence-electron chi connectivity index (χ4n) is 2.13. The van der Waals surface area contributed by atoms with E-state index in [4.69, 9.17) is 0 Å². The van der Waals surface area contributed by atoms with Crippen molar-refractivity contribution in [3.05, 3.63) is 24.8 Å². The van der Waals surface area contributed by atoms with Crippen molar-refractivity contribution in [3.8, 4) is 0 Å². The van der Waals surface area contributed by atoms with Crippen LogP contribution >= 0.6 is 0 Å². The van der Waals surface area contributed by atoms with Gasteiger partial charge in [-0.2, -0.15) is 0 Å². The highest BCUT2D eigenvalue weighted by Gasteiger charge is 2.20. The molecule has 0 amide bonds. The van der Waals surface area contributed by atoms with Crippen molar-refractivity contribution in [2.24, 2.45) is 11.8 Å². The lowest BCUT2D eigenvalue weighted by Gasteiger charge is -2.27. The molecule has 0 aromatic heterocycles. The zero-order valence-electron chi connectivity index (χ0n) is 8.18. The van der Waals surface area contributed by atoms with Crippen LogP contribution in [0.3, 0.4) is 0 Å². The van der Waals surface area contributed by atoms with E-state index in [1.165, 1.54) is 37.7 Å². The topological polar surface area (TPSA) is 0 Å². The van der Waals surface area contributed by atoms with Crippen LogP contribution in [0.2, 0.25) is 0 Å². The molecule has 68 valence electrons. The van der Waals surface area contributed by atoms with Gasteiger partial charge < -0.3 is 0 Å². The van der Waals surface area contributed by atoms with Gasteiger partial charge in [0.25, 0.3) is 0 Å². The van der Waals surface area contributed by atoms with Crippen LogP contribution in [0, 0.1) is 11.8 Å². The molecule has 0 aromatic carbocycles. The number of rotatable bonds is 3. The van der Waals surface area contributed by atoms with Crippen LogP contribution in [0.1, 0.15) is 39.0 Å². The van der Waals surface area contributed by atoms with Crippen molar-refractivity contribution >= 4 is 0 Å². The number of hydrogen-bond acceptors (Lipinski definition) is 0. The van der Waals surface area contributed by atoms with E-state index in [1.807, 2.05) is 0 Å². The van der Waals surface area contributed by atoms with Crippen LogP contribution in [0.25, 0.3) is 0 Å². The fraction of sp³-hybridized carbons (Fsp3) is 0.667. The van der Waals surface area contributed by atoms with E-state index in [2.05, 4.69) is 26.2 Å². The third kappa shape index (κ3) is 2.51. The summed E-state index contributed by atoms with van der Waals surface area (Å²) in [7, 11) is 0. The first-order chi connectivity index (χ1) is 5.74. The van der Waals surface area contributed by atoms with Crippen LogP contribution in [0.4, 0.5) is 0 Å². The molecule has 0 radical (unpaired) electrons. The Hall–Kier alpha value is -0.520. The fourth-order valence-corrected chi connectivity index (χ4v) is 2.13. The van der Waals surface area contributed by atoms with E-state index in [1.54, 1.807) is 0 Å². The van der Waals surface area contributed by atoms with Crippen LogP contribution < -0.4 is 0 Å². The van der Waals surface area contributed by atoms with Crippen molar-refractivity contribution in [2.75, 3.05) is 0 Å². The standard InChI is InChI=1S/C12H20/c1-4-5-11-6-8-12(9-7-11)10(2)3/h4,11-12H,1-2,5-9H2,3H3. The predicted molar refractivity (Wildman–Crippen MR) is 55.1 cm³/mol. The van der Waals surface area contributed by atoms with Gasteiger partial charge in [0.05, 0.1) is 0 Å². The molecule has 0 nitrogen and oxygen atoms in total. The molecule has 0 heterocycles. The van der Waals surface area contributed by atoms with E-state index in [0.717, 1.165) is 11.8 Å². The Morgan fingerprint density at radius 3 is 2.33 bits per heavy atom. The lowest BCUT2D eigenvalue weighted by atomic mass is 9.78. The third-order valence-electron chi connectivity index (χ3n) is 3.04.